The Balaban J connectivity index is 2.16. The van der Waals surface area contributed by atoms with E-state index in [-0.39, 0.29) is 17.9 Å². The second kappa shape index (κ2) is 3.69. The molecule has 0 radical (unpaired) electrons. The third-order valence-electron chi connectivity index (χ3n) is 2.77. The van der Waals surface area contributed by atoms with Crippen molar-refractivity contribution >= 4 is 0 Å². The summed E-state index contributed by atoms with van der Waals surface area (Å²) >= 11 is 0. The molecule has 1 heterocycles. The maximum Gasteiger partial charge on any atom is 0.232 e. The Kier molecular flexibility index (Phi) is 2.54. The first-order chi connectivity index (χ1) is 6.68. The van der Waals surface area contributed by atoms with Crippen LogP contribution in [0.3, 0.4) is 0 Å². The van der Waals surface area contributed by atoms with Crippen LogP contribution in [0.5, 0.6) is 0 Å². The fraction of sp³-hybridized carbons (Fsp3) is 0.800. The van der Waals surface area contributed by atoms with E-state index in [1.54, 1.807) is 0 Å². The molecule has 78 valence electrons. The van der Waals surface area contributed by atoms with Gasteiger partial charge in [-0.3, -0.25) is 0 Å². The smallest absolute Gasteiger partial charge is 0.232 e. The van der Waals surface area contributed by atoms with Gasteiger partial charge in [0.1, 0.15) is 0 Å². The number of rotatable bonds is 2. The number of nitrogens with zero attached hydrogens (tertiary/aromatic N) is 2. The molecule has 1 fully saturated rings. The average Bonchev–Trinajstić information content (AvgIpc) is 2.71. The summed E-state index contributed by atoms with van der Waals surface area (Å²) in [5, 5.41) is 13.6. The van der Waals surface area contributed by atoms with Crippen LogP contribution in [0.15, 0.2) is 4.52 Å². The van der Waals surface area contributed by atoms with Crippen LogP contribution in [0.1, 0.15) is 56.7 Å². The second-order valence-electron chi connectivity index (χ2n) is 4.25. The topological polar surface area (TPSA) is 59.2 Å². The molecule has 1 aliphatic rings. The Morgan fingerprint density at radius 1 is 1.43 bits per heavy atom. The van der Waals surface area contributed by atoms with Crippen LogP contribution in [-0.2, 0) is 0 Å². The maximum atomic E-state index is 9.66. The first-order valence-corrected chi connectivity index (χ1v) is 5.20. The third-order valence-corrected chi connectivity index (χ3v) is 2.77. The number of aliphatic hydroxyl groups is 1. The van der Waals surface area contributed by atoms with E-state index in [9.17, 15) is 5.11 Å². The summed E-state index contributed by atoms with van der Waals surface area (Å²) in [4.78, 5) is 4.30. The maximum absolute atomic E-state index is 9.66. The van der Waals surface area contributed by atoms with Crippen molar-refractivity contribution in [1.29, 1.82) is 0 Å². The van der Waals surface area contributed by atoms with Gasteiger partial charge in [0, 0.05) is 5.92 Å². The standard InChI is InChI=1S/C10H16N2O2/c1-6(2)9-11-10(14-12-9)7-4-3-5-8(7)13/h6-8,13H,3-5H2,1-2H3. The molecular weight excluding hydrogens is 180 g/mol. The Labute approximate surface area is 83.3 Å². The Morgan fingerprint density at radius 2 is 2.21 bits per heavy atom. The van der Waals surface area contributed by atoms with Gasteiger partial charge in [0.2, 0.25) is 5.89 Å². The molecule has 1 saturated carbocycles. The third kappa shape index (κ3) is 1.66. The van der Waals surface area contributed by atoms with Crippen molar-refractivity contribution in [1.82, 2.24) is 10.1 Å². The Bertz CT molecular complexity index is 309. The van der Waals surface area contributed by atoms with Crippen LogP contribution >= 0.6 is 0 Å². The molecule has 4 nitrogen and oxygen atoms in total. The molecule has 0 aromatic carbocycles. The molecule has 4 heteroatoms. The van der Waals surface area contributed by atoms with Crippen LogP contribution < -0.4 is 0 Å². The van der Waals surface area contributed by atoms with Crippen LogP contribution in [0.4, 0.5) is 0 Å². The van der Waals surface area contributed by atoms with Gasteiger partial charge >= 0.3 is 0 Å². The molecule has 0 spiro atoms. The monoisotopic (exact) mass is 196 g/mol. The summed E-state index contributed by atoms with van der Waals surface area (Å²) in [6.45, 7) is 4.05. The second-order valence-corrected chi connectivity index (χ2v) is 4.25. The van der Waals surface area contributed by atoms with Gasteiger partial charge in [-0.2, -0.15) is 4.98 Å². The van der Waals surface area contributed by atoms with Gasteiger partial charge in [0.05, 0.1) is 12.0 Å². The number of hydrogen-bond donors (Lipinski definition) is 1. The largest absolute Gasteiger partial charge is 0.392 e. The van der Waals surface area contributed by atoms with Crippen molar-refractivity contribution in [2.24, 2.45) is 0 Å². The van der Waals surface area contributed by atoms with Crippen molar-refractivity contribution in [2.45, 2.75) is 51.0 Å². The highest BCUT2D eigenvalue weighted by Gasteiger charge is 2.31. The predicted octanol–water partition coefficient (Wildman–Crippen LogP) is 1.82. The van der Waals surface area contributed by atoms with Crippen LogP contribution in [0, 0.1) is 0 Å². The lowest BCUT2D eigenvalue weighted by atomic mass is 10.1. The minimum atomic E-state index is -0.296. The van der Waals surface area contributed by atoms with E-state index in [2.05, 4.69) is 10.1 Å². The zero-order chi connectivity index (χ0) is 10.1. The molecule has 1 N–H and O–H groups in total. The van der Waals surface area contributed by atoms with Crippen molar-refractivity contribution in [2.75, 3.05) is 0 Å². The van der Waals surface area contributed by atoms with Crippen molar-refractivity contribution in [3.8, 4) is 0 Å². The quantitative estimate of drug-likeness (QED) is 0.783. The SMILES string of the molecule is CC(C)c1noc(C2CCCC2O)n1. The summed E-state index contributed by atoms with van der Waals surface area (Å²) in [5.74, 6) is 1.69. The minimum Gasteiger partial charge on any atom is -0.392 e. The zero-order valence-electron chi connectivity index (χ0n) is 8.60. The molecule has 0 saturated heterocycles. The molecule has 14 heavy (non-hydrogen) atoms. The van der Waals surface area contributed by atoms with Crippen LogP contribution in [0.25, 0.3) is 0 Å². The van der Waals surface area contributed by atoms with Gasteiger partial charge in [-0.1, -0.05) is 19.0 Å². The normalized spacial score (nSPS) is 27.4. The average molecular weight is 196 g/mol. The van der Waals surface area contributed by atoms with E-state index >= 15 is 0 Å². The van der Waals surface area contributed by atoms with Gasteiger partial charge in [-0.15, -0.1) is 0 Å². The summed E-state index contributed by atoms with van der Waals surface area (Å²) < 4.78 is 5.16. The highest BCUT2D eigenvalue weighted by atomic mass is 16.5. The molecular formula is C10H16N2O2. The van der Waals surface area contributed by atoms with E-state index in [0.717, 1.165) is 25.1 Å². The first-order valence-electron chi connectivity index (χ1n) is 5.20. The van der Waals surface area contributed by atoms with Crippen molar-refractivity contribution < 1.29 is 9.63 Å². The highest BCUT2D eigenvalue weighted by Crippen LogP contribution is 2.33. The molecule has 0 amide bonds. The van der Waals surface area contributed by atoms with E-state index in [1.807, 2.05) is 13.8 Å². The lowest BCUT2D eigenvalue weighted by Gasteiger charge is -2.07. The molecule has 2 atom stereocenters. The summed E-state index contributed by atoms with van der Waals surface area (Å²) in [7, 11) is 0. The van der Waals surface area contributed by atoms with Gasteiger partial charge in [-0.05, 0) is 19.3 Å². The first kappa shape index (κ1) is 9.65. The number of hydrogen-bond acceptors (Lipinski definition) is 4. The van der Waals surface area contributed by atoms with E-state index < -0.39 is 0 Å². The van der Waals surface area contributed by atoms with Gasteiger partial charge in [0.25, 0.3) is 0 Å². The molecule has 0 aliphatic heterocycles. The Hall–Kier alpha value is -0.900. The van der Waals surface area contributed by atoms with Gasteiger partial charge < -0.3 is 9.63 Å². The lowest BCUT2D eigenvalue weighted by molar-refractivity contribution is 0.148. The van der Waals surface area contributed by atoms with Gasteiger partial charge in [0.15, 0.2) is 5.82 Å². The molecule has 1 aromatic rings. The van der Waals surface area contributed by atoms with Crippen molar-refractivity contribution in [3.05, 3.63) is 11.7 Å². The molecule has 2 unspecified atom stereocenters. The molecule has 1 aliphatic carbocycles. The van der Waals surface area contributed by atoms with Crippen molar-refractivity contribution in [3.63, 3.8) is 0 Å². The fourth-order valence-corrected chi connectivity index (χ4v) is 1.86. The minimum absolute atomic E-state index is 0.0648. The highest BCUT2D eigenvalue weighted by molar-refractivity contribution is 5.01. The van der Waals surface area contributed by atoms with Crippen LogP contribution in [-0.4, -0.2) is 21.4 Å². The lowest BCUT2D eigenvalue weighted by Crippen LogP contribution is -2.11. The van der Waals surface area contributed by atoms with E-state index in [0.29, 0.717) is 5.89 Å². The summed E-state index contributed by atoms with van der Waals surface area (Å²) in [5.41, 5.74) is 0. The molecule has 0 bridgehead atoms. The van der Waals surface area contributed by atoms with Crippen LogP contribution in [0.2, 0.25) is 0 Å². The Morgan fingerprint density at radius 3 is 2.71 bits per heavy atom. The number of aliphatic hydroxyl groups excluding tert-OH is 1. The van der Waals surface area contributed by atoms with Gasteiger partial charge in [-0.25, -0.2) is 0 Å². The zero-order valence-corrected chi connectivity index (χ0v) is 8.60. The summed E-state index contributed by atoms with van der Waals surface area (Å²) in [6.07, 6.45) is 2.56. The summed E-state index contributed by atoms with van der Waals surface area (Å²) in [6, 6.07) is 0. The van der Waals surface area contributed by atoms with E-state index in [1.165, 1.54) is 0 Å². The van der Waals surface area contributed by atoms with E-state index in [4.69, 9.17) is 4.52 Å². The predicted molar refractivity (Wildman–Crippen MR) is 51.0 cm³/mol. The number of aromatic nitrogens is 2. The molecule has 1 aromatic heterocycles. The molecule has 2 rings (SSSR count). The fourth-order valence-electron chi connectivity index (χ4n) is 1.86.